The highest BCUT2D eigenvalue weighted by Crippen LogP contribution is 2.24. The third-order valence-electron chi connectivity index (χ3n) is 3.54. The standard InChI is InChI=1S/C18H19ClN4OS2/c1-3-9-23-16(10-24-15-7-5-13(19)6-8-15)21-22-18(23)26-12-14-11-25-17(4-2)20-14/h3,5-8,11H,1,4,9-10,12H2,2H3. The Morgan fingerprint density at radius 2 is 2.12 bits per heavy atom. The van der Waals surface area contributed by atoms with Gasteiger partial charge in [-0.25, -0.2) is 4.98 Å². The first-order valence-electron chi connectivity index (χ1n) is 8.17. The predicted molar refractivity (Wildman–Crippen MR) is 107 cm³/mol. The maximum atomic E-state index is 5.89. The van der Waals surface area contributed by atoms with Crippen LogP contribution in [0.4, 0.5) is 0 Å². The summed E-state index contributed by atoms with van der Waals surface area (Å²) in [6.07, 6.45) is 2.80. The summed E-state index contributed by atoms with van der Waals surface area (Å²) in [5.41, 5.74) is 1.07. The van der Waals surface area contributed by atoms with Gasteiger partial charge in [-0.2, -0.15) is 0 Å². The number of hydrogen-bond acceptors (Lipinski definition) is 6. The summed E-state index contributed by atoms with van der Waals surface area (Å²) < 4.78 is 7.81. The molecule has 0 amide bonds. The van der Waals surface area contributed by atoms with Crippen LogP contribution in [0, 0.1) is 0 Å². The predicted octanol–water partition coefficient (Wildman–Crippen LogP) is 5.01. The highest BCUT2D eigenvalue weighted by molar-refractivity contribution is 7.98. The molecule has 0 saturated heterocycles. The first-order valence-corrected chi connectivity index (χ1v) is 10.4. The Morgan fingerprint density at radius 3 is 2.81 bits per heavy atom. The highest BCUT2D eigenvalue weighted by Gasteiger charge is 2.13. The second kappa shape index (κ2) is 9.21. The lowest BCUT2D eigenvalue weighted by Gasteiger charge is -2.09. The normalized spacial score (nSPS) is 10.8. The van der Waals surface area contributed by atoms with Gasteiger partial charge in [0.1, 0.15) is 12.4 Å². The van der Waals surface area contributed by atoms with Gasteiger partial charge in [-0.15, -0.1) is 28.1 Å². The molecule has 0 aliphatic rings. The minimum Gasteiger partial charge on any atom is -0.486 e. The molecular formula is C18H19ClN4OS2. The van der Waals surface area contributed by atoms with Crippen LogP contribution in [0.1, 0.15) is 23.4 Å². The van der Waals surface area contributed by atoms with Crippen molar-refractivity contribution >= 4 is 34.7 Å². The van der Waals surface area contributed by atoms with E-state index in [1.54, 1.807) is 35.2 Å². The van der Waals surface area contributed by atoms with E-state index >= 15 is 0 Å². The molecule has 136 valence electrons. The van der Waals surface area contributed by atoms with Crippen molar-refractivity contribution in [3.8, 4) is 5.75 Å². The number of halogens is 1. The molecule has 3 rings (SSSR count). The Balaban J connectivity index is 1.66. The first kappa shape index (κ1) is 18.9. The molecule has 0 N–H and O–H groups in total. The number of thioether (sulfide) groups is 1. The van der Waals surface area contributed by atoms with Gasteiger partial charge in [-0.3, -0.25) is 4.57 Å². The zero-order chi connectivity index (χ0) is 18.4. The Kier molecular flexibility index (Phi) is 6.71. The van der Waals surface area contributed by atoms with Crippen LogP contribution in [0.2, 0.25) is 5.02 Å². The fourth-order valence-electron chi connectivity index (χ4n) is 2.24. The number of thiazole rings is 1. The van der Waals surface area contributed by atoms with Crippen molar-refractivity contribution in [3.63, 3.8) is 0 Å². The van der Waals surface area contributed by atoms with Crippen LogP contribution in [-0.4, -0.2) is 19.7 Å². The van der Waals surface area contributed by atoms with E-state index < -0.39 is 0 Å². The quantitative estimate of drug-likeness (QED) is 0.369. The van der Waals surface area contributed by atoms with Crippen LogP contribution in [0.25, 0.3) is 0 Å². The van der Waals surface area contributed by atoms with Gasteiger partial charge in [-0.05, 0) is 30.7 Å². The second-order valence-electron chi connectivity index (χ2n) is 5.42. The SMILES string of the molecule is C=CCn1c(COc2ccc(Cl)cc2)nnc1SCc1csc(CC)n1. The van der Waals surface area contributed by atoms with E-state index in [4.69, 9.17) is 16.3 Å². The van der Waals surface area contributed by atoms with Gasteiger partial charge in [0, 0.05) is 22.7 Å². The first-order chi connectivity index (χ1) is 12.7. The van der Waals surface area contributed by atoms with E-state index in [2.05, 4.69) is 34.1 Å². The molecule has 0 bridgehead atoms. The Labute approximate surface area is 166 Å². The molecule has 0 aliphatic heterocycles. The number of nitrogens with zero attached hydrogens (tertiary/aromatic N) is 4. The topological polar surface area (TPSA) is 52.8 Å². The monoisotopic (exact) mass is 406 g/mol. The lowest BCUT2D eigenvalue weighted by atomic mass is 10.3. The van der Waals surface area contributed by atoms with Crippen LogP contribution in [0.15, 0.2) is 47.5 Å². The van der Waals surface area contributed by atoms with Crippen LogP contribution < -0.4 is 4.74 Å². The summed E-state index contributed by atoms with van der Waals surface area (Å²) in [6.45, 7) is 6.91. The van der Waals surface area contributed by atoms with Crippen molar-refractivity contribution in [1.29, 1.82) is 0 Å². The van der Waals surface area contributed by atoms with Gasteiger partial charge in [-0.1, -0.05) is 36.4 Å². The van der Waals surface area contributed by atoms with Gasteiger partial charge in [0.25, 0.3) is 0 Å². The Hall–Kier alpha value is -1.83. The molecular weight excluding hydrogens is 388 g/mol. The minimum atomic E-state index is 0.333. The van der Waals surface area contributed by atoms with Gasteiger partial charge >= 0.3 is 0 Å². The summed E-state index contributed by atoms with van der Waals surface area (Å²) in [7, 11) is 0. The van der Waals surface area contributed by atoms with Crippen molar-refractivity contribution in [3.05, 3.63) is 63.8 Å². The Bertz CT molecular complexity index is 860. The summed E-state index contributed by atoms with van der Waals surface area (Å²) >= 11 is 9.21. The van der Waals surface area contributed by atoms with Gasteiger partial charge in [0.15, 0.2) is 11.0 Å². The van der Waals surface area contributed by atoms with E-state index in [0.29, 0.717) is 18.2 Å². The molecule has 0 fully saturated rings. The summed E-state index contributed by atoms with van der Waals surface area (Å²) in [6, 6.07) is 7.26. The molecule has 0 spiro atoms. The molecule has 5 nitrogen and oxygen atoms in total. The third kappa shape index (κ3) is 4.87. The van der Waals surface area contributed by atoms with E-state index in [9.17, 15) is 0 Å². The summed E-state index contributed by atoms with van der Waals surface area (Å²) in [4.78, 5) is 4.59. The van der Waals surface area contributed by atoms with Crippen molar-refractivity contribution < 1.29 is 4.74 Å². The molecule has 0 unspecified atom stereocenters. The fraction of sp³-hybridized carbons (Fsp3) is 0.278. The Morgan fingerprint density at radius 1 is 1.31 bits per heavy atom. The average Bonchev–Trinajstić information content (AvgIpc) is 3.27. The van der Waals surface area contributed by atoms with Crippen LogP contribution in [0.3, 0.4) is 0 Å². The largest absolute Gasteiger partial charge is 0.486 e. The van der Waals surface area contributed by atoms with Crippen molar-refractivity contribution in [2.24, 2.45) is 0 Å². The number of aryl methyl sites for hydroxylation is 1. The van der Waals surface area contributed by atoms with E-state index in [1.165, 1.54) is 0 Å². The molecule has 0 aliphatic carbocycles. The van der Waals surface area contributed by atoms with E-state index in [0.717, 1.165) is 39.6 Å². The van der Waals surface area contributed by atoms with Gasteiger partial charge < -0.3 is 4.74 Å². The maximum absolute atomic E-state index is 5.89. The lowest BCUT2D eigenvalue weighted by molar-refractivity contribution is 0.289. The molecule has 26 heavy (non-hydrogen) atoms. The number of aromatic nitrogens is 4. The van der Waals surface area contributed by atoms with E-state index in [-0.39, 0.29) is 0 Å². The zero-order valence-corrected chi connectivity index (χ0v) is 16.8. The summed E-state index contributed by atoms with van der Waals surface area (Å²) in [5, 5.41) is 13.4. The smallest absolute Gasteiger partial charge is 0.191 e. The van der Waals surface area contributed by atoms with Crippen LogP contribution in [-0.2, 0) is 25.3 Å². The van der Waals surface area contributed by atoms with Crippen LogP contribution >= 0.6 is 34.7 Å². The molecule has 1 aromatic carbocycles. The molecule has 0 radical (unpaired) electrons. The second-order valence-corrected chi connectivity index (χ2v) is 7.74. The zero-order valence-electron chi connectivity index (χ0n) is 14.4. The van der Waals surface area contributed by atoms with Crippen LogP contribution in [0.5, 0.6) is 5.75 Å². The molecule has 2 heterocycles. The third-order valence-corrected chi connectivity index (χ3v) is 5.83. The van der Waals surface area contributed by atoms with Crippen molar-refractivity contribution in [2.45, 2.75) is 37.4 Å². The minimum absolute atomic E-state index is 0.333. The molecule has 3 aromatic rings. The number of rotatable bonds is 9. The van der Waals surface area contributed by atoms with Crippen molar-refractivity contribution in [2.75, 3.05) is 0 Å². The average molecular weight is 407 g/mol. The maximum Gasteiger partial charge on any atom is 0.191 e. The molecule has 8 heteroatoms. The lowest BCUT2D eigenvalue weighted by Crippen LogP contribution is -2.07. The van der Waals surface area contributed by atoms with E-state index in [1.807, 2.05) is 22.8 Å². The van der Waals surface area contributed by atoms with Gasteiger partial charge in [0.2, 0.25) is 0 Å². The molecule has 0 atom stereocenters. The highest BCUT2D eigenvalue weighted by atomic mass is 35.5. The fourth-order valence-corrected chi connectivity index (χ4v) is 4.08. The molecule has 0 saturated carbocycles. The number of ether oxygens (including phenoxy) is 1. The summed E-state index contributed by atoms with van der Waals surface area (Å²) in [5.74, 6) is 2.27. The van der Waals surface area contributed by atoms with Gasteiger partial charge in [0.05, 0.1) is 10.7 Å². The number of hydrogen-bond donors (Lipinski definition) is 0. The van der Waals surface area contributed by atoms with Crippen molar-refractivity contribution in [1.82, 2.24) is 19.7 Å². The number of allylic oxidation sites excluding steroid dienone is 1. The number of benzene rings is 1. The molecule has 2 aromatic heterocycles.